The summed E-state index contributed by atoms with van der Waals surface area (Å²) in [5.74, 6) is 0. The molecule has 0 bridgehead atoms. The van der Waals surface area contributed by atoms with Gasteiger partial charge in [0.1, 0.15) is 0 Å². The van der Waals surface area contributed by atoms with Crippen LogP contribution in [0.3, 0.4) is 0 Å². The van der Waals surface area contributed by atoms with Gasteiger partial charge >= 0.3 is 0 Å². The standard InChI is InChI=1S/C13H27NO2/c15-10-12-16-11-6-9-14-13-7-4-2-1-3-5-8-13/h13-15H,1-12H2. The Morgan fingerprint density at radius 1 is 1.00 bits per heavy atom. The topological polar surface area (TPSA) is 41.5 Å². The lowest BCUT2D eigenvalue weighted by atomic mass is 9.97. The van der Waals surface area contributed by atoms with Crippen molar-refractivity contribution in [2.45, 2.75) is 57.4 Å². The summed E-state index contributed by atoms with van der Waals surface area (Å²) < 4.78 is 5.23. The van der Waals surface area contributed by atoms with Crippen LogP contribution in [0.2, 0.25) is 0 Å². The van der Waals surface area contributed by atoms with Crippen LogP contribution in [-0.4, -0.2) is 37.5 Å². The van der Waals surface area contributed by atoms with Crippen molar-refractivity contribution < 1.29 is 9.84 Å². The minimum atomic E-state index is 0.135. The van der Waals surface area contributed by atoms with Crippen molar-refractivity contribution in [1.29, 1.82) is 0 Å². The number of rotatable bonds is 7. The molecule has 0 radical (unpaired) electrons. The number of hydrogen-bond donors (Lipinski definition) is 2. The monoisotopic (exact) mass is 229 g/mol. The van der Waals surface area contributed by atoms with Gasteiger partial charge in [0, 0.05) is 12.6 Å². The third-order valence-electron chi connectivity index (χ3n) is 3.24. The van der Waals surface area contributed by atoms with Gasteiger partial charge in [-0.3, -0.25) is 0 Å². The predicted octanol–water partition coefficient (Wildman–Crippen LogP) is 2.09. The predicted molar refractivity (Wildman–Crippen MR) is 66.6 cm³/mol. The van der Waals surface area contributed by atoms with Crippen molar-refractivity contribution in [3.8, 4) is 0 Å². The summed E-state index contributed by atoms with van der Waals surface area (Å²) in [6.45, 7) is 2.43. The molecule has 1 aliphatic carbocycles. The van der Waals surface area contributed by atoms with Gasteiger partial charge in [0.05, 0.1) is 13.2 Å². The van der Waals surface area contributed by atoms with Crippen LogP contribution < -0.4 is 5.32 Å². The molecule has 16 heavy (non-hydrogen) atoms. The summed E-state index contributed by atoms with van der Waals surface area (Å²) in [5, 5.41) is 12.2. The van der Waals surface area contributed by atoms with Crippen LogP contribution in [0.15, 0.2) is 0 Å². The Bertz CT molecular complexity index is 145. The molecule has 1 saturated carbocycles. The molecular weight excluding hydrogens is 202 g/mol. The second-order valence-corrected chi connectivity index (χ2v) is 4.69. The number of aliphatic hydroxyl groups is 1. The lowest BCUT2D eigenvalue weighted by molar-refractivity contribution is 0.0902. The number of ether oxygens (including phenoxy) is 1. The van der Waals surface area contributed by atoms with Crippen molar-refractivity contribution in [3.05, 3.63) is 0 Å². The van der Waals surface area contributed by atoms with Gasteiger partial charge in [0.2, 0.25) is 0 Å². The molecule has 0 aromatic rings. The van der Waals surface area contributed by atoms with E-state index in [0.717, 1.165) is 25.6 Å². The Labute approximate surface area is 99.6 Å². The maximum Gasteiger partial charge on any atom is 0.0697 e. The molecule has 1 rings (SSSR count). The lowest BCUT2D eigenvalue weighted by Crippen LogP contribution is -2.31. The third-order valence-corrected chi connectivity index (χ3v) is 3.24. The van der Waals surface area contributed by atoms with E-state index in [-0.39, 0.29) is 6.61 Å². The average Bonchev–Trinajstić information content (AvgIpc) is 2.25. The zero-order valence-corrected chi connectivity index (χ0v) is 10.4. The summed E-state index contributed by atoms with van der Waals surface area (Å²) in [6.07, 6.45) is 10.8. The van der Waals surface area contributed by atoms with Crippen LogP contribution in [0.5, 0.6) is 0 Å². The second-order valence-electron chi connectivity index (χ2n) is 4.69. The molecule has 0 aliphatic heterocycles. The molecule has 0 aromatic heterocycles. The molecule has 2 N–H and O–H groups in total. The lowest BCUT2D eigenvalue weighted by Gasteiger charge is -2.21. The van der Waals surface area contributed by atoms with E-state index in [1.165, 1.54) is 44.9 Å². The Kier molecular flexibility index (Phi) is 8.77. The highest BCUT2D eigenvalue weighted by Crippen LogP contribution is 2.16. The van der Waals surface area contributed by atoms with Gasteiger partial charge in [-0.25, -0.2) is 0 Å². The Morgan fingerprint density at radius 2 is 1.69 bits per heavy atom. The first-order valence-corrected chi connectivity index (χ1v) is 6.85. The van der Waals surface area contributed by atoms with E-state index in [4.69, 9.17) is 9.84 Å². The molecule has 0 unspecified atom stereocenters. The first-order valence-electron chi connectivity index (χ1n) is 6.85. The van der Waals surface area contributed by atoms with Crippen LogP contribution in [0.4, 0.5) is 0 Å². The van der Waals surface area contributed by atoms with Crippen LogP contribution in [0.1, 0.15) is 51.4 Å². The summed E-state index contributed by atoms with van der Waals surface area (Å²) in [6, 6.07) is 0.734. The Morgan fingerprint density at radius 3 is 2.38 bits per heavy atom. The molecule has 0 spiro atoms. The quantitative estimate of drug-likeness (QED) is 0.657. The van der Waals surface area contributed by atoms with Gasteiger partial charge in [0.15, 0.2) is 0 Å². The minimum absolute atomic E-state index is 0.135. The van der Waals surface area contributed by atoms with Gasteiger partial charge in [-0.05, 0) is 25.8 Å². The number of nitrogens with one attached hydrogen (secondary N) is 1. The van der Waals surface area contributed by atoms with Gasteiger partial charge < -0.3 is 15.2 Å². The number of hydrogen-bond acceptors (Lipinski definition) is 3. The summed E-state index contributed by atoms with van der Waals surface area (Å²) in [5.41, 5.74) is 0. The minimum Gasteiger partial charge on any atom is -0.394 e. The van der Waals surface area contributed by atoms with Gasteiger partial charge in [-0.1, -0.05) is 32.1 Å². The molecule has 0 heterocycles. The van der Waals surface area contributed by atoms with Crippen molar-refractivity contribution in [1.82, 2.24) is 5.32 Å². The first-order chi connectivity index (χ1) is 7.93. The molecular formula is C13H27NO2. The summed E-state index contributed by atoms with van der Waals surface area (Å²) in [4.78, 5) is 0. The van der Waals surface area contributed by atoms with E-state index in [9.17, 15) is 0 Å². The molecule has 3 nitrogen and oxygen atoms in total. The normalized spacial score (nSPS) is 19.3. The van der Waals surface area contributed by atoms with Crippen LogP contribution in [-0.2, 0) is 4.74 Å². The largest absolute Gasteiger partial charge is 0.394 e. The zero-order chi connectivity index (χ0) is 11.5. The summed E-state index contributed by atoms with van der Waals surface area (Å²) >= 11 is 0. The second kappa shape index (κ2) is 10.1. The Hall–Kier alpha value is -0.120. The maximum atomic E-state index is 8.54. The molecule has 0 aromatic carbocycles. The molecule has 1 fully saturated rings. The van der Waals surface area contributed by atoms with Crippen molar-refractivity contribution in [2.75, 3.05) is 26.4 Å². The SMILES string of the molecule is OCCOCCCNC1CCCCCCC1. The first kappa shape index (κ1) is 13.9. The fourth-order valence-corrected chi connectivity index (χ4v) is 2.31. The highest BCUT2D eigenvalue weighted by atomic mass is 16.5. The van der Waals surface area contributed by atoms with Crippen molar-refractivity contribution in [3.63, 3.8) is 0 Å². The molecule has 0 amide bonds. The van der Waals surface area contributed by atoms with Crippen LogP contribution >= 0.6 is 0 Å². The van der Waals surface area contributed by atoms with E-state index in [2.05, 4.69) is 5.32 Å². The highest BCUT2D eigenvalue weighted by molar-refractivity contribution is 4.69. The van der Waals surface area contributed by atoms with Gasteiger partial charge in [-0.2, -0.15) is 0 Å². The van der Waals surface area contributed by atoms with E-state index < -0.39 is 0 Å². The molecule has 0 atom stereocenters. The Balaban J connectivity index is 1.93. The smallest absolute Gasteiger partial charge is 0.0697 e. The maximum absolute atomic E-state index is 8.54. The number of aliphatic hydroxyl groups excluding tert-OH is 1. The molecule has 1 aliphatic rings. The van der Waals surface area contributed by atoms with Gasteiger partial charge in [-0.15, -0.1) is 0 Å². The van der Waals surface area contributed by atoms with Crippen LogP contribution in [0, 0.1) is 0 Å². The van der Waals surface area contributed by atoms with Crippen LogP contribution in [0.25, 0.3) is 0 Å². The van der Waals surface area contributed by atoms with E-state index in [1.54, 1.807) is 0 Å². The average molecular weight is 229 g/mol. The van der Waals surface area contributed by atoms with Crippen molar-refractivity contribution in [2.24, 2.45) is 0 Å². The van der Waals surface area contributed by atoms with E-state index in [1.807, 2.05) is 0 Å². The summed E-state index contributed by atoms with van der Waals surface area (Å²) in [7, 11) is 0. The fourth-order valence-electron chi connectivity index (χ4n) is 2.31. The molecule has 3 heteroatoms. The fraction of sp³-hybridized carbons (Fsp3) is 1.00. The molecule has 0 saturated heterocycles. The molecule has 96 valence electrons. The third kappa shape index (κ3) is 7.20. The van der Waals surface area contributed by atoms with E-state index in [0.29, 0.717) is 6.61 Å². The van der Waals surface area contributed by atoms with Gasteiger partial charge in [0.25, 0.3) is 0 Å². The van der Waals surface area contributed by atoms with Crippen molar-refractivity contribution >= 4 is 0 Å². The zero-order valence-electron chi connectivity index (χ0n) is 10.4. The van der Waals surface area contributed by atoms with E-state index >= 15 is 0 Å². The highest BCUT2D eigenvalue weighted by Gasteiger charge is 2.09.